The van der Waals surface area contributed by atoms with Crippen molar-refractivity contribution in [2.24, 2.45) is 0 Å². The van der Waals surface area contributed by atoms with Gasteiger partial charge in [0, 0.05) is 16.7 Å². The maximum atomic E-state index is 12.9. The molecular formula is C30H30O10. The number of ether oxygens (including phenoxy) is 5. The number of hydrogen-bond donors (Lipinski definition) is 0. The van der Waals surface area contributed by atoms with Gasteiger partial charge in [-0.15, -0.1) is 0 Å². The molecule has 0 atom stereocenters. The quantitative estimate of drug-likeness (QED) is 0.116. The molecule has 2 aromatic rings. The van der Waals surface area contributed by atoms with Crippen molar-refractivity contribution in [3.05, 3.63) is 90.0 Å². The minimum atomic E-state index is -0.860. The van der Waals surface area contributed by atoms with E-state index in [0.717, 1.165) is 0 Å². The third-order valence-corrected chi connectivity index (χ3v) is 5.00. The van der Waals surface area contributed by atoms with Gasteiger partial charge < -0.3 is 23.7 Å². The van der Waals surface area contributed by atoms with E-state index in [2.05, 4.69) is 19.7 Å². The van der Waals surface area contributed by atoms with Crippen LogP contribution in [0.4, 0.5) is 0 Å². The first kappa shape index (κ1) is 31.2. The second-order valence-corrected chi connectivity index (χ2v) is 8.56. The lowest BCUT2D eigenvalue weighted by Crippen LogP contribution is -2.19. The van der Waals surface area contributed by atoms with Crippen LogP contribution in [0.2, 0.25) is 0 Å². The van der Waals surface area contributed by atoms with Crippen LogP contribution in [0, 0.1) is 0 Å². The van der Waals surface area contributed by atoms with Crippen LogP contribution in [0.25, 0.3) is 11.1 Å². The van der Waals surface area contributed by atoms with Gasteiger partial charge in [-0.2, -0.15) is 0 Å². The van der Waals surface area contributed by atoms with E-state index in [1.54, 1.807) is 30.3 Å². The molecule has 0 amide bonds. The minimum absolute atomic E-state index is 0.0917. The number of benzene rings is 2. The van der Waals surface area contributed by atoms with Gasteiger partial charge in [-0.25, -0.2) is 24.0 Å². The highest BCUT2D eigenvalue weighted by atomic mass is 16.6. The van der Waals surface area contributed by atoms with E-state index < -0.39 is 29.8 Å². The number of esters is 5. The van der Waals surface area contributed by atoms with Gasteiger partial charge in [0.05, 0.1) is 11.1 Å². The molecule has 2 rings (SSSR count). The molecule has 10 heteroatoms. The monoisotopic (exact) mass is 550 g/mol. The van der Waals surface area contributed by atoms with E-state index in [1.165, 1.54) is 32.9 Å². The van der Waals surface area contributed by atoms with Crippen molar-refractivity contribution < 1.29 is 47.7 Å². The Balaban J connectivity index is 2.23. The van der Waals surface area contributed by atoms with Crippen molar-refractivity contribution in [1.82, 2.24) is 0 Å². The lowest BCUT2D eigenvalue weighted by Gasteiger charge is -2.13. The summed E-state index contributed by atoms with van der Waals surface area (Å²) in [6, 6.07) is 10.9. The van der Waals surface area contributed by atoms with Crippen molar-refractivity contribution in [3.8, 4) is 16.9 Å². The Morgan fingerprint density at radius 1 is 0.550 bits per heavy atom. The fraction of sp³-hybridized carbons (Fsp3) is 0.233. The zero-order valence-electron chi connectivity index (χ0n) is 22.6. The Labute approximate surface area is 231 Å². The highest BCUT2D eigenvalue weighted by Crippen LogP contribution is 2.26. The van der Waals surface area contributed by atoms with Gasteiger partial charge in [-0.05, 0) is 56.2 Å². The third kappa shape index (κ3) is 9.39. The predicted octanol–water partition coefficient (Wildman–Crippen LogP) is 4.39. The number of carbonyl (C=O) groups is 5. The normalized spacial score (nSPS) is 10.1. The van der Waals surface area contributed by atoms with Crippen molar-refractivity contribution in [2.75, 3.05) is 26.4 Å². The SMILES string of the molecule is C=C(C)C(=O)OCCOC(=O)c1ccc(-c2ccc(OC(=O)C(=C)C)cc2)cc1C(=O)OCCOC(=O)C(=C)C. The van der Waals surface area contributed by atoms with Crippen molar-refractivity contribution in [1.29, 1.82) is 0 Å². The molecule has 0 aliphatic carbocycles. The molecule has 0 aromatic heterocycles. The van der Waals surface area contributed by atoms with Crippen LogP contribution in [0.5, 0.6) is 5.75 Å². The summed E-state index contributed by atoms with van der Waals surface area (Å²) < 4.78 is 25.4. The molecule has 10 nitrogen and oxygen atoms in total. The number of rotatable bonds is 13. The van der Waals surface area contributed by atoms with Crippen molar-refractivity contribution in [2.45, 2.75) is 20.8 Å². The fourth-order valence-electron chi connectivity index (χ4n) is 2.92. The summed E-state index contributed by atoms with van der Waals surface area (Å²) in [4.78, 5) is 60.5. The van der Waals surface area contributed by atoms with Crippen molar-refractivity contribution >= 4 is 29.8 Å². The highest BCUT2D eigenvalue weighted by Gasteiger charge is 2.21. The van der Waals surface area contributed by atoms with Gasteiger partial charge in [-0.1, -0.05) is 37.9 Å². The molecule has 0 heterocycles. The number of carbonyl (C=O) groups excluding carboxylic acids is 5. The molecule has 0 aliphatic heterocycles. The maximum absolute atomic E-state index is 12.9. The van der Waals surface area contributed by atoms with E-state index in [-0.39, 0.29) is 54.3 Å². The first-order chi connectivity index (χ1) is 18.9. The van der Waals surface area contributed by atoms with E-state index >= 15 is 0 Å². The first-order valence-corrected chi connectivity index (χ1v) is 12.0. The average Bonchev–Trinajstić information content (AvgIpc) is 2.92. The first-order valence-electron chi connectivity index (χ1n) is 12.0. The smallest absolute Gasteiger partial charge is 0.339 e. The van der Waals surface area contributed by atoms with Gasteiger partial charge >= 0.3 is 29.8 Å². The Bertz CT molecular complexity index is 1330. The van der Waals surface area contributed by atoms with Crippen LogP contribution in [0.3, 0.4) is 0 Å². The molecule has 0 aliphatic rings. The zero-order valence-corrected chi connectivity index (χ0v) is 22.6. The predicted molar refractivity (Wildman–Crippen MR) is 144 cm³/mol. The summed E-state index contributed by atoms with van der Waals surface area (Å²) in [7, 11) is 0. The summed E-state index contributed by atoms with van der Waals surface area (Å²) in [6.07, 6.45) is 0. The second kappa shape index (κ2) is 14.8. The summed E-state index contributed by atoms with van der Waals surface area (Å²) in [5.74, 6) is -3.23. The standard InChI is InChI=1S/C30H30O10/c1-18(2)26(31)36-13-15-38-29(34)24-12-9-22(21-7-10-23(11-8-21)40-28(33)20(5)6)17-25(24)30(35)39-16-14-37-27(32)19(3)4/h7-12,17H,1,3,5,13-16H2,2,4,6H3. The molecule has 0 fully saturated rings. The van der Waals surface area contributed by atoms with Crippen LogP contribution in [0.15, 0.2) is 78.9 Å². The van der Waals surface area contributed by atoms with Gasteiger partial charge in [0.25, 0.3) is 0 Å². The lowest BCUT2D eigenvalue weighted by molar-refractivity contribution is -0.140. The van der Waals surface area contributed by atoms with Crippen LogP contribution < -0.4 is 4.74 Å². The molecule has 0 unspecified atom stereocenters. The lowest BCUT2D eigenvalue weighted by atomic mass is 9.99. The van der Waals surface area contributed by atoms with Gasteiger partial charge in [0.15, 0.2) is 0 Å². The molecule has 0 N–H and O–H groups in total. The summed E-state index contributed by atoms with van der Waals surface area (Å²) in [5, 5.41) is 0. The molecule has 40 heavy (non-hydrogen) atoms. The molecule has 210 valence electrons. The topological polar surface area (TPSA) is 132 Å². The van der Waals surface area contributed by atoms with E-state index in [1.807, 2.05) is 0 Å². The largest absolute Gasteiger partial charge is 0.459 e. The Morgan fingerprint density at radius 3 is 1.45 bits per heavy atom. The molecular weight excluding hydrogens is 520 g/mol. The van der Waals surface area contributed by atoms with Crippen LogP contribution in [-0.2, 0) is 33.3 Å². The van der Waals surface area contributed by atoms with Gasteiger partial charge in [-0.3, -0.25) is 0 Å². The summed E-state index contributed by atoms with van der Waals surface area (Å²) in [6.45, 7) is 14.0. The molecule has 2 aromatic carbocycles. The molecule has 0 spiro atoms. The molecule has 0 saturated carbocycles. The van der Waals surface area contributed by atoms with Crippen LogP contribution >= 0.6 is 0 Å². The Hall–Kier alpha value is -4.99. The summed E-state index contributed by atoms with van der Waals surface area (Å²) in [5.41, 5.74) is 1.63. The molecule has 0 bridgehead atoms. The van der Waals surface area contributed by atoms with E-state index in [0.29, 0.717) is 16.9 Å². The second-order valence-electron chi connectivity index (χ2n) is 8.56. The number of hydrogen-bond acceptors (Lipinski definition) is 10. The maximum Gasteiger partial charge on any atom is 0.339 e. The summed E-state index contributed by atoms with van der Waals surface area (Å²) >= 11 is 0. The molecule has 0 radical (unpaired) electrons. The highest BCUT2D eigenvalue weighted by molar-refractivity contribution is 6.04. The van der Waals surface area contributed by atoms with Gasteiger partial charge in [0.2, 0.25) is 0 Å². The fourth-order valence-corrected chi connectivity index (χ4v) is 2.92. The zero-order chi connectivity index (χ0) is 29.8. The Kier molecular flexibility index (Phi) is 11.6. The average molecular weight is 551 g/mol. The Morgan fingerprint density at radius 2 is 0.975 bits per heavy atom. The third-order valence-electron chi connectivity index (χ3n) is 5.00. The minimum Gasteiger partial charge on any atom is -0.459 e. The van der Waals surface area contributed by atoms with E-state index in [9.17, 15) is 24.0 Å². The van der Waals surface area contributed by atoms with Gasteiger partial charge in [0.1, 0.15) is 32.2 Å². The van der Waals surface area contributed by atoms with Crippen LogP contribution in [0.1, 0.15) is 41.5 Å². The molecule has 0 saturated heterocycles. The van der Waals surface area contributed by atoms with E-state index in [4.69, 9.17) is 23.7 Å². The van der Waals surface area contributed by atoms with Crippen molar-refractivity contribution in [3.63, 3.8) is 0 Å². The van der Waals surface area contributed by atoms with Crippen LogP contribution in [-0.4, -0.2) is 56.3 Å².